The molecule has 0 bridgehead atoms. The molecule has 2 nitrogen and oxygen atoms in total. The highest BCUT2D eigenvalue weighted by atomic mass is 79.9. The van der Waals surface area contributed by atoms with E-state index in [1.54, 1.807) is 11.6 Å². The quantitative estimate of drug-likeness (QED) is 0.126. The van der Waals surface area contributed by atoms with Gasteiger partial charge in [0, 0.05) is 47.1 Å². The van der Waals surface area contributed by atoms with Crippen LogP contribution in [0.5, 0.6) is 0 Å². The number of thioether (sulfide) groups is 1. The molecular formula is C14H13Br3Cl2F6N2S4. The standard InChI is InChI=1S/C7H6BrClF3NS2.C4H4Br2ClF3.C3H3NS2/c8-7(11,12)6(9,10)1-3-14-5-13-2-4-15-5;5-2-1-3(7,8)4(6,9)10;5-3-4-1-2-6-3/h2,4H,1,3H2;1-2H2;1-2H,(H,4,5). The van der Waals surface area contributed by atoms with Gasteiger partial charge in [-0.3, -0.25) is 0 Å². The van der Waals surface area contributed by atoms with Crippen LogP contribution < -0.4 is 0 Å². The van der Waals surface area contributed by atoms with Gasteiger partial charge in [0.25, 0.3) is 10.3 Å². The van der Waals surface area contributed by atoms with Gasteiger partial charge in [0.2, 0.25) is 0 Å². The van der Waals surface area contributed by atoms with E-state index in [9.17, 15) is 26.3 Å². The molecule has 0 fully saturated rings. The van der Waals surface area contributed by atoms with Crippen LogP contribution in [0, 0.1) is 3.95 Å². The molecule has 0 saturated carbocycles. The molecule has 0 aromatic carbocycles. The molecule has 2 unspecified atom stereocenters. The third-order valence-electron chi connectivity index (χ3n) is 2.73. The average Bonchev–Trinajstić information content (AvgIpc) is 3.27. The maximum atomic E-state index is 13.2. The lowest BCUT2D eigenvalue weighted by molar-refractivity contribution is -0.00619. The zero-order chi connectivity index (χ0) is 24.3. The minimum Gasteiger partial charge on any atom is -0.344 e. The Kier molecular flexibility index (Phi) is 15.4. The van der Waals surface area contributed by atoms with E-state index in [1.165, 1.54) is 34.4 Å². The van der Waals surface area contributed by atoms with E-state index in [0.717, 1.165) is 3.95 Å². The predicted molar refractivity (Wildman–Crippen MR) is 133 cm³/mol. The van der Waals surface area contributed by atoms with Crippen molar-refractivity contribution in [1.29, 1.82) is 0 Å². The summed E-state index contributed by atoms with van der Waals surface area (Å²) in [6, 6.07) is 0. The second-order valence-electron chi connectivity index (χ2n) is 5.09. The molecular weight excluding hydrogens is 749 g/mol. The summed E-state index contributed by atoms with van der Waals surface area (Å²) in [5.41, 5.74) is 0. The van der Waals surface area contributed by atoms with Crippen LogP contribution >= 0.6 is 118 Å². The lowest BCUT2D eigenvalue weighted by Gasteiger charge is -2.22. The number of halogens is 11. The fourth-order valence-corrected chi connectivity index (χ4v) is 5.03. The van der Waals surface area contributed by atoms with E-state index < -0.39 is 32.8 Å². The second-order valence-corrected chi connectivity index (χ2v) is 12.9. The van der Waals surface area contributed by atoms with Gasteiger partial charge in [-0.15, -0.1) is 22.7 Å². The van der Waals surface area contributed by atoms with Crippen LogP contribution in [0.25, 0.3) is 0 Å². The molecule has 2 aromatic rings. The minimum atomic E-state index is -3.72. The fourth-order valence-electron chi connectivity index (χ4n) is 1.18. The number of hydrogen-bond acceptors (Lipinski definition) is 5. The van der Waals surface area contributed by atoms with Crippen molar-refractivity contribution in [3.63, 3.8) is 0 Å². The van der Waals surface area contributed by atoms with Gasteiger partial charge in [0.1, 0.15) is 4.34 Å². The molecule has 0 radical (unpaired) electrons. The number of aromatic amines is 1. The Labute approximate surface area is 227 Å². The molecule has 0 spiro atoms. The molecule has 2 atom stereocenters. The SMILES string of the molecule is FC(F)(Br)C(F)(Cl)CCBr.FC(F)(Br)C(F)(Cl)CCSc1nccs1.S=c1[nH]ccs1. The molecule has 0 aliphatic carbocycles. The summed E-state index contributed by atoms with van der Waals surface area (Å²) < 4.78 is 76.5. The topological polar surface area (TPSA) is 28.7 Å². The third-order valence-corrected chi connectivity index (χ3v) is 8.67. The Morgan fingerprint density at radius 2 is 1.55 bits per heavy atom. The van der Waals surface area contributed by atoms with Gasteiger partial charge in [0.05, 0.1) is 0 Å². The molecule has 180 valence electrons. The van der Waals surface area contributed by atoms with E-state index in [2.05, 4.69) is 25.9 Å². The van der Waals surface area contributed by atoms with Crippen LogP contribution in [0.3, 0.4) is 0 Å². The van der Waals surface area contributed by atoms with Gasteiger partial charge in [-0.05, 0) is 44.1 Å². The monoisotopic (exact) mass is 758 g/mol. The van der Waals surface area contributed by atoms with Crippen LogP contribution in [0.4, 0.5) is 26.3 Å². The second kappa shape index (κ2) is 14.7. The van der Waals surface area contributed by atoms with Gasteiger partial charge in [-0.2, -0.15) is 17.6 Å². The lowest BCUT2D eigenvalue weighted by Crippen LogP contribution is -2.34. The predicted octanol–water partition coefficient (Wildman–Crippen LogP) is 9.99. The van der Waals surface area contributed by atoms with E-state index in [1.807, 2.05) is 43.4 Å². The number of nitrogens with one attached hydrogen (secondary N) is 1. The van der Waals surface area contributed by atoms with Crippen molar-refractivity contribution >= 4 is 118 Å². The van der Waals surface area contributed by atoms with Gasteiger partial charge >= 0.3 is 9.66 Å². The van der Waals surface area contributed by atoms with Crippen LogP contribution in [0.15, 0.2) is 27.5 Å². The normalized spacial score (nSPS) is 15.6. The maximum Gasteiger partial charge on any atom is 0.348 e. The minimum absolute atomic E-state index is 0.0915. The summed E-state index contributed by atoms with van der Waals surface area (Å²) in [6.45, 7) is 0. The zero-order valence-corrected chi connectivity index (χ0v) is 24.4. The van der Waals surface area contributed by atoms with Crippen molar-refractivity contribution in [1.82, 2.24) is 9.97 Å². The van der Waals surface area contributed by atoms with Gasteiger partial charge in [-0.25, -0.2) is 13.8 Å². The Hall–Kier alpha value is 1.43. The van der Waals surface area contributed by atoms with Gasteiger partial charge in [-0.1, -0.05) is 50.9 Å². The molecule has 2 aromatic heterocycles. The first-order valence-corrected chi connectivity index (χ1v) is 14.2. The Morgan fingerprint density at radius 1 is 1.00 bits per heavy atom. The molecule has 0 aliphatic rings. The molecule has 17 heteroatoms. The van der Waals surface area contributed by atoms with Crippen LogP contribution in [0.2, 0.25) is 0 Å². The van der Waals surface area contributed by atoms with E-state index in [0.29, 0.717) is 4.34 Å². The van der Waals surface area contributed by atoms with Crippen LogP contribution in [-0.2, 0) is 0 Å². The van der Waals surface area contributed by atoms with Crippen molar-refractivity contribution in [2.75, 3.05) is 11.1 Å². The van der Waals surface area contributed by atoms with Crippen molar-refractivity contribution in [2.45, 2.75) is 37.1 Å². The molecule has 0 amide bonds. The number of alkyl halides is 11. The third kappa shape index (κ3) is 13.8. The molecule has 2 rings (SSSR count). The number of aromatic nitrogens is 2. The summed E-state index contributed by atoms with van der Waals surface area (Å²) in [5.74, 6) is 0.148. The van der Waals surface area contributed by atoms with Crippen molar-refractivity contribution in [3.8, 4) is 0 Å². The number of rotatable bonds is 8. The lowest BCUT2D eigenvalue weighted by atomic mass is 10.3. The fraction of sp³-hybridized carbons (Fsp3) is 0.571. The maximum absolute atomic E-state index is 13.2. The molecule has 2 heterocycles. The largest absolute Gasteiger partial charge is 0.348 e. The highest BCUT2D eigenvalue weighted by Crippen LogP contribution is 2.45. The number of thiazole rings is 2. The first kappa shape index (κ1) is 32.4. The van der Waals surface area contributed by atoms with Gasteiger partial charge in [0.15, 0.2) is 3.95 Å². The highest BCUT2D eigenvalue weighted by molar-refractivity contribution is 9.10. The van der Waals surface area contributed by atoms with E-state index >= 15 is 0 Å². The Morgan fingerprint density at radius 3 is 1.84 bits per heavy atom. The summed E-state index contributed by atoms with van der Waals surface area (Å²) in [5, 5.41) is -2.30. The average molecular weight is 762 g/mol. The summed E-state index contributed by atoms with van der Waals surface area (Å²) in [6.07, 6.45) is 2.51. The van der Waals surface area contributed by atoms with Crippen molar-refractivity contribution in [2.24, 2.45) is 0 Å². The first-order chi connectivity index (χ1) is 14.0. The van der Waals surface area contributed by atoms with Crippen LogP contribution in [-0.4, -0.2) is 41.0 Å². The molecule has 31 heavy (non-hydrogen) atoms. The summed E-state index contributed by atoms with van der Waals surface area (Å²) >= 11 is 25.2. The summed E-state index contributed by atoms with van der Waals surface area (Å²) in [7, 11) is 0. The molecule has 1 N–H and O–H groups in total. The number of H-pyrrole nitrogens is 1. The van der Waals surface area contributed by atoms with Gasteiger partial charge < -0.3 is 4.98 Å². The first-order valence-electron chi connectivity index (χ1n) is 7.63. The molecule has 0 aliphatic heterocycles. The van der Waals surface area contributed by atoms with Crippen LogP contribution in [0.1, 0.15) is 12.8 Å². The Bertz CT molecular complexity index is 765. The smallest absolute Gasteiger partial charge is 0.344 e. The molecule has 0 saturated heterocycles. The van der Waals surface area contributed by atoms with Crippen molar-refractivity contribution < 1.29 is 26.3 Å². The Balaban J connectivity index is 0.000000482. The number of hydrogen-bond donors (Lipinski definition) is 1. The van der Waals surface area contributed by atoms with E-state index in [4.69, 9.17) is 35.4 Å². The number of nitrogens with zero attached hydrogens (tertiary/aromatic N) is 1. The zero-order valence-electron chi connectivity index (χ0n) is 14.9. The highest BCUT2D eigenvalue weighted by Gasteiger charge is 2.51. The van der Waals surface area contributed by atoms with Crippen molar-refractivity contribution in [3.05, 3.63) is 27.1 Å². The van der Waals surface area contributed by atoms with E-state index in [-0.39, 0.29) is 11.1 Å². The summed E-state index contributed by atoms with van der Waals surface area (Å²) in [4.78, 5) is -0.641.